The van der Waals surface area contributed by atoms with Crippen LogP contribution >= 0.6 is 39.1 Å². The zero-order valence-electron chi connectivity index (χ0n) is 19.5. The van der Waals surface area contributed by atoms with Gasteiger partial charge in [-0.25, -0.2) is 4.68 Å². The van der Waals surface area contributed by atoms with Crippen molar-refractivity contribution in [1.82, 2.24) is 4.68 Å². The Morgan fingerprint density at radius 3 is 2.08 bits per heavy atom. The van der Waals surface area contributed by atoms with E-state index in [1.165, 1.54) is 4.68 Å². The number of carbonyl (C=O) groups is 3. The number of nitrogens with zero attached hydrogens (tertiary/aromatic N) is 1. The number of benzene rings is 3. The largest absolute Gasteiger partial charge is 0.328 e. The van der Waals surface area contributed by atoms with Crippen molar-refractivity contribution < 1.29 is 14.4 Å². The number of rotatable bonds is 4. The van der Waals surface area contributed by atoms with Crippen molar-refractivity contribution in [2.45, 2.75) is 20.8 Å². The van der Waals surface area contributed by atoms with E-state index in [0.717, 1.165) is 21.2 Å². The Morgan fingerprint density at radius 2 is 1.44 bits per heavy atom. The molecule has 0 radical (unpaired) electrons. The average molecular weight is 588 g/mol. The minimum Gasteiger partial charge on any atom is -0.321 e. The number of amides is 3. The molecule has 0 saturated carbocycles. The standard InChI is InChI=1S/C26H21BrCl2N4O3/c1-13-6-14(2)23(15(3)7-13)31-25(35)26(36)32-33-21-5-4-17(27)8-16(21)9-22(33)24(34)30-20-11-18(28)10-19(29)12-20/h4-12H,1-3H3,(H,30,34)(H,31,35)(H,32,36). The van der Waals surface area contributed by atoms with Crippen LogP contribution in [0.4, 0.5) is 11.4 Å². The van der Waals surface area contributed by atoms with E-state index >= 15 is 0 Å². The predicted molar refractivity (Wildman–Crippen MR) is 148 cm³/mol. The minimum atomic E-state index is -0.936. The Bertz CT molecular complexity index is 1500. The molecule has 36 heavy (non-hydrogen) atoms. The summed E-state index contributed by atoms with van der Waals surface area (Å²) in [7, 11) is 0. The van der Waals surface area contributed by atoms with E-state index in [1.807, 2.05) is 32.9 Å². The molecule has 1 aromatic heterocycles. The predicted octanol–water partition coefficient (Wildman–Crippen LogP) is 6.60. The van der Waals surface area contributed by atoms with E-state index in [2.05, 4.69) is 32.0 Å². The summed E-state index contributed by atoms with van der Waals surface area (Å²) in [6, 6.07) is 15.4. The smallest absolute Gasteiger partial charge is 0.321 e. The van der Waals surface area contributed by atoms with Crippen LogP contribution in [0.5, 0.6) is 0 Å². The summed E-state index contributed by atoms with van der Waals surface area (Å²) in [4.78, 5) is 38.9. The summed E-state index contributed by atoms with van der Waals surface area (Å²) < 4.78 is 2.06. The molecule has 7 nitrogen and oxygen atoms in total. The number of anilines is 2. The first kappa shape index (κ1) is 25.8. The van der Waals surface area contributed by atoms with E-state index in [4.69, 9.17) is 23.2 Å². The molecule has 4 rings (SSSR count). The highest BCUT2D eigenvalue weighted by molar-refractivity contribution is 9.10. The van der Waals surface area contributed by atoms with Gasteiger partial charge in [-0.1, -0.05) is 56.8 Å². The van der Waals surface area contributed by atoms with E-state index in [1.54, 1.807) is 42.5 Å². The molecule has 1 heterocycles. The van der Waals surface area contributed by atoms with Gasteiger partial charge >= 0.3 is 11.8 Å². The van der Waals surface area contributed by atoms with Crippen LogP contribution in [0, 0.1) is 20.8 Å². The van der Waals surface area contributed by atoms with Crippen molar-refractivity contribution in [1.29, 1.82) is 0 Å². The molecular formula is C26H21BrCl2N4O3. The van der Waals surface area contributed by atoms with Gasteiger partial charge in [0.2, 0.25) is 0 Å². The van der Waals surface area contributed by atoms with Crippen LogP contribution in [-0.4, -0.2) is 22.4 Å². The van der Waals surface area contributed by atoms with Crippen molar-refractivity contribution >= 4 is 79.1 Å². The molecule has 184 valence electrons. The van der Waals surface area contributed by atoms with Crippen molar-refractivity contribution in [3.8, 4) is 0 Å². The molecule has 3 aromatic carbocycles. The molecular weight excluding hydrogens is 567 g/mol. The molecule has 3 amide bonds. The van der Waals surface area contributed by atoms with Gasteiger partial charge in [-0.3, -0.25) is 19.8 Å². The fraction of sp³-hybridized carbons (Fsp3) is 0.115. The molecule has 0 spiro atoms. The van der Waals surface area contributed by atoms with Gasteiger partial charge in [0.1, 0.15) is 5.69 Å². The fourth-order valence-corrected chi connectivity index (χ4v) is 4.90. The summed E-state index contributed by atoms with van der Waals surface area (Å²) in [6.45, 7) is 5.67. The quantitative estimate of drug-likeness (QED) is 0.235. The first-order valence-electron chi connectivity index (χ1n) is 10.8. The second-order valence-electron chi connectivity index (χ2n) is 8.35. The van der Waals surface area contributed by atoms with Crippen LogP contribution in [0.15, 0.2) is 59.1 Å². The van der Waals surface area contributed by atoms with E-state index in [-0.39, 0.29) is 5.69 Å². The van der Waals surface area contributed by atoms with Gasteiger partial charge in [0, 0.05) is 31.3 Å². The summed E-state index contributed by atoms with van der Waals surface area (Å²) >= 11 is 15.5. The summed E-state index contributed by atoms with van der Waals surface area (Å²) in [5.74, 6) is -2.33. The zero-order valence-corrected chi connectivity index (χ0v) is 22.6. The first-order valence-corrected chi connectivity index (χ1v) is 12.4. The molecule has 0 aliphatic heterocycles. The second-order valence-corrected chi connectivity index (χ2v) is 10.1. The number of nitrogens with one attached hydrogen (secondary N) is 3. The third-order valence-electron chi connectivity index (χ3n) is 5.45. The maximum absolute atomic E-state index is 13.2. The van der Waals surface area contributed by atoms with Crippen LogP contribution in [0.2, 0.25) is 10.0 Å². The van der Waals surface area contributed by atoms with Crippen molar-refractivity contribution in [3.05, 3.63) is 91.5 Å². The summed E-state index contributed by atoms with van der Waals surface area (Å²) in [5.41, 5.74) is 6.85. The first-order chi connectivity index (χ1) is 17.0. The average Bonchev–Trinajstić information content (AvgIpc) is 3.12. The molecule has 0 aliphatic carbocycles. The molecule has 0 bridgehead atoms. The number of hydrogen-bond donors (Lipinski definition) is 3. The molecule has 0 unspecified atom stereocenters. The molecule has 0 aliphatic rings. The topological polar surface area (TPSA) is 92.2 Å². The lowest BCUT2D eigenvalue weighted by Gasteiger charge is -2.15. The highest BCUT2D eigenvalue weighted by atomic mass is 79.9. The van der Waals surface area contributed by atoms with Crippen LogP contribution in [0.3, 0.4) is 0 Å². The van der Waals surface area contributed by atoms with E-state index < -0.39 is 17.7 Å². The third-order valence-corrected chi connectivity index (χ3v) is 6.38. The number of halogens is 3. The van der Waals surface area contributed by atoms with Gasteiger partial charge in [-0.2, -0.15) is 0 Å². The normalized spacial score (nSPS) is 10.8. The van der Waals surface area contributed by atoms with Crippen molar-refractivity contribution in [2.24, 2.45) is 0 Å². The number of carbonyl (C=O) groups excluding carboxylic acids is 3. The van der Waals surface area contributed by atoms with Gasteiger partial charge in [0.25, 0.3) is 5.91 Å². The van der Waals surface area contributed by atoms with Crippen LogP contribution in [0.25, 0.3) is 10.9 Å². The maximum atomic E-state index is 13.2. The number of hydrogen-bond acceptors (Lipinski definition) is 3. The molecule has 0 atom stereocenters. The lowest BCUT2D eigenvalue weighted by atomic mass is 10.1. The number of aromatic nitrogens is 1. The number of aryl methyl sites for hydroxylation is 3. The Labute approximate surface area is 225 Å². The van der Waals surface area contributed by atoms with E-state index in [0.29, 0.717) is 32.3 Å². The van der Waals surface area contributed by atoms with Crippen molar-refractivity contribution in [3.63, 3.8) is 0 Å². The Morgan fingerprint density at radius 1 is 0.806 bits per heavy atom. The molecule has 4 aromatic rings. The molecule has 10 heteroatoms. The SMILES string of the molecule is Cc1cc(C)c(NC(=O)C(=O)Nn2c(C(=O)Nc3cc(Cl)cc(Cl)c3)cc3cc(Br)ccc32)c(C)c1. The molecule has 0 saturated heterocycles. The summed E-state index contributed by atoms with van der Waals surface area (Å²) in [5, 5.41) is 6.78. The molecule has 0 fully saturated rings. The number of fused-ring (bicyclic) bond motifs is 1. The Balaban J connectivity index is 1.65. The Kier molecular flexibility index (Phi) is 7.40. The summed E-state index contributed by atoms with van der Waals surface area (Å²) in [6.07, 6.45) is 0. The van der Waals surface area contributed by atoms with Crippen molar-refractivity contribution in [2.75, 3.05) is 16.1 Å². The van der Waals surface area contributed by atoms with Gasteiger partial charge in [-0.05, 0) is 74.4 Å². The van der Waals surface area contributed by atoms with Gasteiger partial charge in [0.15, 0.2) is 0 Å². The van der Waals surface area contributed by atoms with Gasteiger partial charge in [0.05, 0.1) is 5.52 Å². The van der Waals surface area contributed by atoms with Crippen LogP contribution < -0.4 is 16.1 Å². The van der Waals surface area contributed by atoms with Crippen LogP contribution in [0.1, 0.15) is 27.2 Å². The second kappa shape index (κ2) is 10.3. The fourth-order valence-electron chi connectivity index (χ4n) is 3.99. The molecule has 3 N–H and O–H groups in total. The highest BCUT2D eigenvalue weighted by Gasteiger charge is 2.22. The highest BCUT2D eigenvalue weighted by Crippen LogP contribution is 2.26. The monoisotopic (exact) mass is 586 g/mol. The maximum Gasteiger partial charge on any atom is 0.328 e. The zero-order chi connectivity index (χ0) is 26.1. The van der Waals surface area contributed by atoms with Gasteiger partial charge < -0.3 is 10.6 Å². The lowest BCUT2D eigenvalue weighted by molar-refractivity contribution is -0.133. The lowest BCUT2D eigenvalue weighted by Crippen LogP contribution is -2.36. The van der Waals surface area contributed by atoms with E-state index in [9.17, 15) is 14.4 Å². The minimum absolute atomic E-state index is 0.100. The Hall–Kier alpha value is -3.33. The third kappa shape index (κ3) is 5.56. The van der Waals surface area contributed by atoms with Crippen LogP contribution in [-0.2, 0) is 9.59 Å². The van der Waals surface area contributed by atoms with Gasteiger partial charge in [-0.15, -0.1) is 0 Å².